The van der Waals surface area contributed by atoms with E-state index in [-0.39, 0.29) is 18.4 Å². The van der Waals surface area contributed by atoms with Crippen molar-refractivity contribution in [3.05, 3.63) is 52.6 Å². The van der Waals surface area contributed by atoms with Gasteiger partial charge in [-0.3, -0.25) is 9.59 Å². The molecule has 1 saturated carbocycles. The van der Waals surface area contributed by atoms with Crippen molar-refractivity contribution in [2.45, 2.75) is 51.9 Å². The van der Waals surface area contributed by atoms with Gasteiger partial charge in [-0.25, -0.2) is 0 Å². The van der Waals surface area contributed by atoms with E-state index < -0.39 is 5.41 Å². The molecule has 170 valence electrons. The summed E-state index contributed by atoms with van der Waals surface area (Å²) >= 11 is 0. The van der Waals surface area contributed by atoms with Gasteiger partial charge >= 0.3 is 0 Å². The lowest BCUT2D eigenvalue weighted by atomic mass is 9.77. The predicted octanol–water partition coefficient (Wildman–Crippen LogP) is 4.29. The van der Waals surface area contributed by atoms with E-state index in [1.165, 1.54) is 0 Å². The van der Waals surface area contributed by atoms with Crippen LogP contribution >= 0.6 is 0 Å². The number of nitrogens with one attached hydrogen (secondary N) is 1. The third-order valence-electron chi connectivity index (χ3n) is 6.63. The Bertz CT molecular complexity index is 1020. The molecule has 0 saturated heterocycles. The molecule has 1 heterocycles. The van der Waals surface area contributed by atoms with Gasteiger partial charge in [0.2, 0.25) is 11.8 Å². The van der Waals surface area contributed by atoms with Gasteiger partial charge in [-0.1, -0.05) is 36.6 Å². The van der Waals surface area contributed by atoms with Crippen LogP contribution in [-0.2, 0) is 15.0 Å². The summed E-state index contributed by atoms with van der Waals surface area (Å²) in [6.07, 6.45) is 3.52. The van der Waals surface area contributed by atoms with E-state index in [9.17, 15) is 9.59 Å². The number of likely N-dealkylation sites (N-methyl/N-ethyl adjacent to an activating group) is 1. The number of hydrogen-bond acceptors (Lipinski definition) is 4. The maximum atomic E-state index is 13.7. The number of carbonyl (C=O) groups is 2. The van der Waals surface area contributed by atoms with E-state index in [0.29, 0.717) is 19.0 Å². The molecule has 4 rings (SSSR count). The van der Waals surface area contributed by atoms with Crippen LogP contribution < -0.4 is 14.8 Å². The summed E-state index contributed by atoms with van der Waals surface area (Å²) in [5.74, 6) is 1.21. The quantitative estimate of drug-likeness (QED) is 0.759. The molecule has 2 aromatic carbocycles. The van der Waals surface area contributed by atoms with E-state index in [2.05, 4.69) is 5.32 Å². The molecule has 0 unspecified atom stereocenters. The lowest BCUT2D eigenvalue weighted by Crippen LogP contribution is -2.46. The SMILES string of the molecule is Cc1cc(C)c(NC(=O)CN(C)C(=O)C2(c3ccc4c(c3)OCCO4)CCCC2)c(C)c1. The number of ether oxygens (including phenoxy) is 2. The molecule has 0 radical (unpaired) electrons. The van der Waals surface area contributed by atoms with Crippen LogP contribution in [0.5, 0.6) is 11.5 Å². The maximum absolute atomic E-state index is 13.7. The first kappa shape index (κ1) is 22.2. The van der Waals surface area contributed by atoms with Gasteiger partial charge in [-0.15, -0.1) is 0 Å². The molecule has 1 aliphatic heterocycles. The third kappa shape index (κ3) is 4.18. The minimum Gasteiger partial charge on any atom is -0.486 e. The number of fused-ring (bicyclic) bond motifs is 1. The van der Waals surface area contributed by atoms with Gasteiger partial charge in [0.05, 0.1) is 12.0 Å². The molecular weight excluding hydrogens is 404 g/mol. The Labute approximate surface area is 189 Å². The summed E-state index contributed by atoms with van der Waals surface area (Å²) in [7, 11) is 1.72. The Morgan fingerprint density at radius 1 is 0.969 bits per heavy atom. The number of benzene rings is 2. The molecule has 2 amide bonds. The van der Waals surface area contributed by atoms with Crippen LogP contribution in [0.1, 0.15) is 47.9 Å². The zero-order valence-electron chi connectivity index (χ0n) is 19.4. The highest BCUT2D eigenvalue weighted by atomic mass is 16.6. The highest BCUT2D eigenvalue weighted by Crippen LogP contribution is 2.45. The minimum absolute atomic E-state index is 0.0118. The molecule has 1 fully saturated rings. The molecule has 6 nitrogen and oxygen atoms in total. The van der Waals surface area contributed by atoms with E-state index in [4.69, 9.17) is 9.47 Å². The lowest BCUT2D eigenvalue weighted by Gasteiger charge is -2.33. The fourth-order valence-corrected chi connectivity index (χ4v) is 5.15. The molecule has 6 heteroatoms. The zero-order chi connectivity index (χ0) is 22.9. The van der Waals surface area contributed by atoms with Gasteiger partial charge in [-0.2, -0.15) is 0 Å². The van der Waals surface area contributed by atoms with Crippen molar-refractivity contribution in [1.82, 2.24) is 4.90 Å². The van der Waals surface area contributed by atoms with Gasteiger partial charge in [0.25, 0.3) is 0 Å². The summed E-state index contributed by atoms with van der Waals surface area (Å²) < 4.78 is 11.4. The largest absolute Gasteiger partial charge is 0.486 e. The second-order valence-corrected chi connectivity index (χ2v) is 9.13. The number of anilines is 1. The van der Waals surface area contributed by atoms with Crippen LogP contribution in [-0.4, -0.2) is 43.5 Å². The number of aryl methyl sites for hydroxylation is 3. The number of amides is 2. The van der Waals surface area contributed by atoms with Crippen molar-refractivity contribution in [1.29, 1.82) is 0 Å². The molecular formula is C26H32N2O4. The predicted molar refractivity (Wildman–Crippen MR) is 124 cm³/mol. The molecule has 0 aromatic heterocycles. The molecule has 1 aliphatic carbocycles. The number of hydrogen-bond donors (Lipinski definition) is 1. The summed E-state index contributed by atoms with van der Waals surface area (Å²) in [4.78, 5) is 28.1. The van der Waals surface area contributed by atoms with Crippen LogP contribution in [0, 0.1) is 20.8 Å². The Morgan fingerprint density at radius 3 is 2.25 bits per heavy atom. The minimum atomic E-state index is -0.624. The van der Waals surface area contributed by atoms with Crippen molar-refractivity contribution >= 4 is 17.5 Å². The smallest absolute Gasteiger partial charge is 0.243 e. The Hall–Kier alpha value is -3.02. The van der Waals surface area contributed by atoms with Crippen LogP contribution in [0.3, 0.4) is 0 Å². The van der Waals surface area contributed by atoms with Crippen molar-refractivity contribution in [3.63, 3.8) is 0 Å². The molecule has 0 atom stereocenters. The van der Waals surface area contributed by atoms with Crippen molar-refractivity contribution in [2.24, 2.45) is 0 Å². The van der Waals surface area contributed by atoms with Crippen molar-refractivity contribution in [2.75, 3.05) is 32.1 Å². The Morgan fingerprint density at radius 2 is 1.59 bits per heavy atom. The maximum Gasteiger partial charge on any atom is 0.243 e. The summed E-state index contributed by atoms with van der Waals surface area (Å²) in [6.45, 7) is 7.07. The molecule has 32 heavy (non-hydrogen) atoms. The van der Waals surface area contributed by atoms with E-state index in [0.717, 1.165) is 59.4 Å². The number of carbonyl (C=O) groups excluding carboxylic acids is 2. The van der Waals surface area contributed by atoms with Gasteiger partial charge < -0.3 is 19.7 Å². The fourth-order valence-electron chi connectivity index (χ4n) is 5.15. The summed E-state index contributed by atoms with van der Waals surface area (Å²) in [5, 5.41) is 3.01. The van der Waals surface area contributed by atoms with Crippen molar-refractivity contribution in [3.8, 4) is 11.5 Å². The van der Waals surface area contributed by atoms with Crippen LogP contribution in [0.25, 0.3) is 0 Å². The Balaban J connectivity index is 1.52. The van der Waals surface area contributed by atoms with Crippen LogP contribution in [0.4, 0.5) is 5.69 Å². The van der Waals surface area contributed by atoms with Gasteiger partial charge in [0.15, 0.2) is 11.5 Å². The number of nitrogens with zero attached hydrogens (tertiary/aromatic N) is 1. The van der Waals surface area contributed by atoms with Crippen molar-refractivity contribution < 1.29 is 19.1 Å². The second kappa shape index (κ2) is 8.85. The van der Waals surface area contributed by atoms with Gasteiger partial charge in [0.1, 0.15) is 13.2 Å². The van der Waals surface area contributed by atoms with Gasteiger partial charge in [0, 0.05) is 12.7 Å². The second-order valence-electron chi connectivity index (χ2n) is 9.13. The highest BCUT2D eigenvalue weighted by Gasteiger charge is 2.45. The molecule has 0 spiro atoms. The lowest BCUT2D eigenvalue weighted by molar-refractivity contribution is -0.138. The average Bonchev–Trinajstić information content (AvgIpc) is 3.26. The highest BCUT2D eigenvalue weighted by molar-refractivity contribution is 5.97. The standard InChI is InChI=1S/C26H32N2O4/c1-17-13-18(2)24(19(3)14-17)27-23(29)16-28(4)25(30)26(9-5-6-10-26)20-7-8-21-22(15-20)32-12-11-31-21/h7-8,13-15H,5-6,9-12,16H2,1-4H3,(H,27,29). The monoisotopic (exact) mass is 436 g/mol. The normalized spacial score (nSPS) is 16.5. The molecule has 0 bridgehead atoms. The van der Waals surface area contributed by atoms with Crippen LogP contribution in [0.2, 0.25) is 0 Å². The third-order valence-corrected chi connectivity index (χ3v) is 6.63. The van der Waals surface area contributed by atoms with E-state index in [1.54, 1.807) is 11.9 Å². The van der Waals surface area contributed by atoms with E-state index in [1.807, 2.05) is 51.1 Å². The summed E-state index contributed by atoms with van der Waals surface area (Å²) in [6, 6.07) is 9.92. The first-order valence-electron chi connectivity index (χ1n) is 11.3. The summed E-state index contributed by atoms with van der Waals surface area (Å²) in [5.41, 5.74) is 4.35. The zero-order valence-corrected chi connectivity index (χ0v) is 19.4. The average molecular weight is 437 g/mol. The van der Waals surface area contributed by atoms with E-state index >= 15 is 0 Å². The first-order valence-corrected chi connectivity index (χ1v) is 11.3. The molecule has 1 N–H and O–H groups in total. The topological polar surface area (TPSA) is 67.9 Å². The number of rotatable bonds is 5. The molecule has 2 aliphatic rings. The van der Waals surface area contributed by atoms with Crippen LogP contribution in [0.15, 0.2) is 30.3 Å². The first-order chi connectivity index (χ1) is 15.3. The van der Waals surface area contributed by atoms with Gasteiger partial charge in [-0.05, 0) is 62.4 Å². The fraction of sp³-hybridized carbons (Fsp3) is 0.462. The Kier molecular flexibility index (Phi) is 6.13. The molecule has 2 aromatic rings.